The largest absolute Gasteiger partial charge is 0.392 e. The van der Waals surface area contributed by atoms with Crippen LogP contribution < -0.4 is 0 Å². The third kappa shape index (κ3) is 3.27. The summed E-state index contributed by atoms with van der Waals surface area (Å²) in [7, 11) is 0. The molecule has 2 atom stereocenters. The van der Waals surface area contributed by atoms with Gasteiger partial charge in [-0.1, -0.05) is 13.3 Å². The van der Waals surface area contributed by atoms with Crippen LogP contribution in [0.15, 0.2) is 5.38 Å². The maximum atomic E-state index is 10.1. The maximum Gasteiger partial charge on any atom is 0.107 e. The number of aryl methyl sites for hydroxylation is 1. The molecule has 1 aromatic heterocycles. The molecule has 1 aromatic rings. The predicted octanol–water partition coefficient (Wildman–Crippen LogP) is 2.58. The third-order valence-corrected chi connectivity index (χ3v) is 4.48. The molecule has 2 heterocycles. The number of aromatic nitrogens is 1. The van der Waals surface area contributed by atoms with Gasteiger partial charge in [0.1, 0.15) is 5.01 Å². The van der Waals surface area contributed by atoms with Crippen LogP contribution in [0, 0.1) is 6.92 Å². The van der Waals surface area contributed by atoms with Crippen LogP contribution in [0.25, 0.3) is 0 Å². The fourth-order valence-corrected chi connectivity index (χ4v) is 3.37. The Morgan fingerprint density at radius 3 is 3.06 bits per heavy atom. The molecule has 0 radical (unpaired) electrons. The number of nitrogens with zero attached hydrogens (tertiary/aromatic N) is 2. The van der Waals surface area contributed by atoms with E-state index in [2.05, 4.69) is 22.2 Å². The number of likely N-dealkylation sites (tertiary alicyclic amines) is 1. The zero-order valence-electron chi connectivity index (χ0n) is 10.7. The highest BCUT2D eigenvalue weighted by atomic mass is 32.1. The fourth-order valence-electron chi connectivity index (χ4n) is 2.57. The first-order valence-electron chi connectivity index (χ1n) is 6.54. The molecular formula is C13H22N2OS. The summed E-state index contributed by atoms with van der Waals surface area (Å²) in [5.41, 5.74) is 1.11. The zero-order valence-corrected chi connectivity index (χ0v) is 11.5. The molecular weight excluding hydrogens is 232 g/mol. The molecule has 0 bridgehead atoms. The van der Waals surface area contributed by atoms with Crippen molar-refractivity contribution in [2.45, 2.75) is 58.2 Å². The van der Waals surface area contributed by atoms with Crippen LogP contribution in [0.2, 0.25) is 0 Å². The molecule has 1 saturated heterocycles. The minimum absolute atomic E-state index is 0.184. The van der Waals surface area contributed by atoms with Gasteiger partial charge < -0.3 is 5.11 Å². The van der Waals surface area contributed by atoms with E-state index in [4.69, 9.17) is 0 Å². The van der Waals surface area contributed by atoms with Gasteiger partial charge >= 0.3 is 0 Å². The van der Waals surface area contributed by atoms with Gasteiger partial charge in [-0.15, -0.1) is 11.3 Å². The Labute approximate surface area is 107 Å². The van der Waals surface area contributed by atoms with Crippen LogP contribution in [0.4, 0.5) is 0 Å². The van der Waals surface area contributed by atoms with Crippen LogP contribution in [-0.2, 0) is 6.54 Å². The van der Waals surface area contributed by atoms with Crippen molar-refractivity contribution < 1.29 is 5.11 Å². The van der Waals surface area contributed by atoms with Crippen LogP contribution in [-0.4, -0.2) is 33.7 Å². The molecule has 0 amide bonds. The standard InChI is InChI=1S/C13H22N2OS/c1-3-12(16)11-6-4-5-7-15(11)8-13-14-10(2)9-17-13/h9,11-12,16H,3-8H2,1-2H3. The number of aliphatic hydroxyl groups excluding tert-OH is 1. The van der Waals surface area contributed by atoms with Crippen LogP contribution in [0.5, 0.6) is 0 Å². The molecule has 17 heavy (non-hydrogen) atoms. The summed E-state index contributed by atoms with van der Waals surface area (Å²) in [5.74, 6) is 0. The maximum absolute atomic E-state index is 10.1. The van der Waals surface area contributed by atoms with Gasteiger partial charge in [-0.2, -0.15) is 0 Å². The van der Waals surface area contributed by atoms with Gasteiger partial charge in [0.05, 0.1) is 12.6 Å². The molecule has 2 rings (SSSR count). The molecule has 1 aliphatic rings. The van der Waals surface area contributed by atoms with Crippen molar-refractivity contribution in [2.75, 3.05) is 6.54 Å². The number of thiazole rings is 1. The lowest BCUT2D eigenvalue weighted by atomic mass is 9.96. The van der Waals surface area contributed by atoms with Crippen LogP contribution in [0.3, 0.4) is 0 Å². The van der Waals surface area contributed by atoms with E-state index in [9.17, 15) is 5.11 Å². The van der Waals surface area contributed by atoms with Gasteiger partial charge in [0.2, 0.25) is 0 Å². The minimum atomic E-state index is -0.184. The lowest BCUT2D eigenvalue weighted by Gasteiger charge is -2.37. The average Bonchev–Trinajstić information content (AvgIpc) is 2.74. The lowest BCUT2D eigenvalue weighted by molar-refractivity contribution is 0.0195. The minimum Gasteiger partial charge on any atom is -0.392 e. The highest BCUT2D eigenvalue weighted by molar-refractivity contribution is 7.09. The Kier molecular flexibility index (Phi) is 4.54. The van der Waals surface area contributed by atoms with E-state index in [0.717, 1.165) is 31.6 Å². The summed E-state index contributed by atoms with van der Waals surface area (Å²) in [6.07, 6.45) is 4.28. The summed E-state index contributed by atoms with van der Waals surface area (Å²) in [6.45, 7) is 6.10. The quantitative estimate of drug-likeness (QED) is 0.897. The Morgan fingerprint density at radius 2 is 2.41 bits per heavy atom. The van der Waals surface area contributed by atoms with Gasteiger partial charge in [-0.05, 0) is 32.7 Å². The van der Waals surface area contributed by atoms with E-state index in [0.29, 0.717) is 6.04 Å². The molecule has 1 N–H and O–H groups in total. The van der Waals surface area contributed by atoms with Gasteiger partial charge in [0.15, 0.2) is 0 Å². The first-order valence-corrected chi connectivity index (χ1v) is 7.41. The van der Waals surface area contributed by atoms with E-state index < -0.39 is 0 Å². The SMILES string of the molecule is CCC(O)C1CCCCN1Cc1nc(C)cs1. The molecule has 4 heteroatoms. The first kappa shape index (κ1) is 13.0. The Morgan fingerprint density at radius 1 is 1.59 bits per heavy atom. The predicted molar refractivity (Wildman–Crippen MR) is 71.2 cm³/mol. The molecule has 96 valence electrons. The number of piperidine rings is 1. The molecule has 1 fully saturated rings. The van der Waals surface area contributed by atoms with Crippen molar-refractivity contribution in [2.24, 2.45) is 0 Å². The van der Waals surface area contributed by atoms with Crippen LogP contribution >= 0.6 is 11.3 Å². The van der Waals surface area contributed by atoms with Crippen molar-refractivity contribution in [3.63, 3.8) is 0 Å². The summed E-state index contributed by atoms with van der Waals surface area (Å²) < 4.78 is 0. The third-order valence-electron chi connectivity index (χ3n) is 3.53. The molecule has 0 aliphatic carbocycles. The first-order chi connectivity index (χ1) is 8.20. The molecule has 0 spiro atoms. The number of hydrogen-bond acceptors (Lipinski definition) is 4. The number of hydrogen-bond donors (Lipinski definition) is 1. The highest BCUT2D eigenvalue weighted by Crippen LogP contribution is 2.24. The molecule has 3 nitrogen and oxygen atoms in total. The summed E-state index contributed by atoms with van der Waals surface area (Å²) in [6, 6.07) is 0.331. The highest BCUT2D eigenvalue weighted by Gasteiger charge is 2.28. The van der Waals surface area contributed by atoms with E-state index >= 15 is 0 Å². The van der Waals surface area contributed by atoms with Crippen molar-refractivity contribution in [1.82, 2.24) is 9.88 Å². The average molecular weight is 254 g/mol. The topological polar surface area (TPSA) is 36.4 Å². The van der Waals surface area contributed by atoms with Gasteiger partial charge in [0.25, 0.3) is 0 Å². The second-order valence-electron chi connectivity index (χ2n) is 4.89. The zero-order chi connectivity index (χ0) is 12.3. The Hall–Kier alpha value is -0.450. The van der Waals surface area contributed by atoms with Gasteiger partial charge in [-0.25, -0.2) is 4.98 Å². The van der Waals surface area contributed by atoms with Crippen molar-refractivity contribution in [1.29, 1.82) is 0 Å². The second kappa shape index (κ2) is 5.94. The molecule has 2 unspecified atom stereocenters. The Balaban J connectivity index is 2.01. The molecule has 1 aliphatic heterocycles. The Bertz CT molecular complexity index is 353. The van der Waals surface area contributed by atoms with E-state index in [-0.39, 0.29) is 6.10 Å². The van der Waals surface area contributed by atoms with Crippen molar-refractivity contribution >= 4 is 11.3 Å². The lowest BCUT2D eigenvalue weighted by Crippen LogP contribution is -2.46. The van der Waals surface area contributed by atoms with E-state index in [1.807, 2.05) is 6.92 Å². The summed E-state index contributed by atoms with van der Waals surface area (Å²) in [4.78, 5) is 6.93. The fraction of sp³-hybridized carbons (Fsp3) is 0.769. The van der Waals surface area contributed by atoms with E-state index in [1.54, 1.807) is 11.3 Å². The number of rotatable bonds is 4. The molecule has 0 aromatic carbocycles. The number of aliphatic hydroxyl groups is 1. The summed E-state index contributed by atoms with van der Waals surface area (Å²) in [5, 5.41) is 13.4. The normalized spacial score (nSPS) is 23.8. The second-order valence-corrected chi connectivity index (χ2v) is 5.83. The van der Waals surface area contributed by atoms with Gasteiger partial charge in [0, 0.05) is 17.1 Å². The smallest absolute Gasteiger partial charge is 0.107 e. The van der Waals surface area contributed by atoms with E-state index in [1.165, 1.54) is 17.8 Å². The van der Waals surface area contributed by atoms with Crippen molar-refractivity contribution in [3.8, 4) is 0 Å². The van der Waals surface area contributed by atoms with Crippen molar-refractivity contribution in [3.05, 3.63) is 16.1 Å². The summed E-state index contributed by atoms with van der Waals surface area (Å²) >= 11 is 1.73. The molecule has 0 saturated carbocycles. The van der Waals surface area contributed by atoms with Gasteiger partial charge in [-0.3, -0.25) is 4.90 Å². The van der Waals surface area contributed by atoms with Crippen LogP contribution in [0.1, 0.15) is 43.3 Å². The monoisotopic (exact) mass is 254 g/mol.